The van der Waals surface area contributed by atoms with Gasteiger partial charge in [-0.25, -0.2) is 9.97 Å². The van der Waals surface area contributed by atoms with Crippen molar-refractivity contribution in [2.75, 3.05) is 5.32 Å². The van der Waals surface area contributed by atoms with Crippen LogP contribution in [0.4, 0.5) is 18.9 Å². The van der Waals surface area contributed by atoms with Crippen LogP contribution in [-0.2, 0) is 12.6 Å². The molecule has 0 aliphatic heterocycles. The van der Waals surface area contributed by atoms with Crippen molar-refractivity contribution in [3.05, 3.63) is 113 Å². The molecule has 0 spiro atoms. The molecular weight excluding hydrogens is 521 g/mol. The predicted molar refractivity (Wildman–Crippen MR) is 148 cm³/mol. The molecule has 1 amide bonds. The van der Waals surface area contributed by atoms with E-state index >= 15 is 0 Å². The Morgan fingerprint density at radius 1 is 0.974 bits per heavy atom. The van der Waals surface area contributed by atoms with Crippen molar-refractivity contribution in [1.29, 1.82) is 0 Å². The molecule has 3 heterocycles. The van der Waals surface area contributed by atoms with E-state index in [4.69, 9.17) is 9.97 Å². The molecule has 9 heteroatoms. The zero-order valence-electron chi connectivity index (χ0n) is 20.6. The Kier molecular flexibility index (Phi) is 6.15. The maximum absolute atomic E-state index is 13.1. The molecular formula is C30H21F3N4OS. The van der Waals surface area contributed by atoms with Crippen molar-refractivity contribution in [3.63, 3.8) is 0 Å². The Balaban J connectivity index is 1.30. The quantitative estimate of drug-likeness (QED) is 0.232. The van der Waals surface area contributed by atoms with Gasteiger partial charge in [0.05, 0.1) is 21.5 Å². The maximum atomic E-state index is 13.1. The van der Waals surface area contributed by atoms with E-state index < -0.39 is 17.6 Å². The number of rotatable bonds is 5. The smallest absolute Gasteiger partial charge is 0.358 e. The summed E-state index contributed by atoms with van der Waals surface area (Å²) in [5.41, 5.74) is 3.91. The molecule has 0 saturated carbocycles. The number of hydrogen-bond donors (Lipinski definition) is 2. The molecule has 6 aromatic rings. The van der Waals surface area contributed by atoms with Crippen LogP contribution in [0.15, 0.2) is 85.1 Å². The number of aryl methyl sites for hydroxylation is 1. The highest BCUT2D eigenvalue weighted by Gasteiger charge is 2.31. The minimum absolute atomic E-state index is 0.0684. The number of alkyl halides is 3. The molecule has 0 unspecified atom stereocenters. The third-order valence-corrected chi connectivity index (χ3v) is 7.64. The summed E-state index contributed by atoms with van der Waals surface area (Å²) >= 11 is 1.67. The molecule has 0 atom stereocenters. The predicted octanol–water partition coefficient (Wildman–Crippen LogP) is 8.01. The number of thiophene rings is 1. The number of halogens is 3. The van der Waals surface area contributed by atoms with Crippen molar-refractivity contribution in [3.8, 4) is 10.6 Å². The molecule has 3 aromatic carbocycles. The second-order valence-corrected chi connectivity index (χ2v) is 10.3. The van der Waals surface area contributed by atoms with E-state index in [9.17, 15) is 18.0 Å². The zero-order valence-corrected chi connectivity index (χ0v) is 21.5. The van der Waals surface area contributed by atoms with Crippen molar-refractivity contribution in [2.45, 2.75) is 19.5 Å². The van der Waals surface area contributed by atoms with Gasteiger partial charge in [-0.1, -0.05) is 30.3 Å². The molecule has 2 N–H and O–H groups in total. The van der Waals surface area contributed by atoms with Crippen LogP contribution in [-0.4, -0.2) is 20.9 Å². The van der Waals surface area contributed by atoms with Gasteiger partial charge in [0, 0.05) is 28.6 Å². The van der Waals surface area contributed by atoms with E-state index in [1.165, 1.54) is 16.8 Å². The van der Waals surface area contributed by atoms with E-state index in [2.05, 4.69) is 28.5 Å². The fraction of sp³-hybridized carbons (Fsp3) is 0.100. The minimum atomic E-state index is -4.53. The lowest BCUT2D eigenvalue weighted by Gasteiger charge is -2.12. The largest absolute Gasteiger partial charge is 0.416 e. The summed E-state index contributed by atoms with van der Waals surface area (Å²) in [7, 11) is 0. The second-order valence-electron chi connectivity index (χ2n) is 9.23. The number of nitrogens with one attached hydrogen (secondary N) is 2. The van der Waals surface area contributed by atoms with Gasteiger partial charge < -0.3 is 10.3 Å². The first kappa shape index (κ1) is 24.8. The molecule has 194 valence electrons. The average molecular weight is 543 g/mol. The molecule has 6 rings (SSSR count). The van der Waals surface area contributed by atoms with Crippen molar-refractivity contribution in [2.24, 2.45) is 0 Å². The van der Waals surface area contributed by atoms with Crippen LogP contribution < -0.4 is 5.32 Å². The zero-order chi connectivity index (χ0) is 27.1. The van der Waals surface area contributed by atoms with Crippen molar-refractivity contribution < 1.29 is 18.0 Å². The number of benzene rings is 3. The van der Waals surface area contributed by atoms with Crippen LogP contribution in [0.5, 0.6) is 0 Å². The summed E-state index contributed by atoms with van der Waals surface area (Å²) < 4.78 is 40.4. The molecule has 0 saturated heterocycles. The third-order valence-electron chi connectivity index (χ3n) is 6.52. The summed E-state index contributed by atoms with van der Waals surface area (Å²) in [6, 6.07) is 22.0. The van der Waals surface area contributed by atoms with Gasteiger partial charge in [-0.2, -0.15) is 13.2 Å². The lowest BCUT2D eigenvalue weighted by Crippen LogP contribution is -2.14. The number of aromatic nitrogens is 3. The normalized spacial score (nSPS) is 11.8. The molecule has 5 nitrogen and oxygen atoms in total. The third kappa shape index (κ3) is 5.00. The van der Waals surface area contributed by atoms with Gasteiger partial charge in [0.15, 0.2) is 0 Å². The van der Waals surface area contributed by atoms with E-state index in [1.54, 1.807) is 17.4 Å². The highest BCUT2D eigenvalue weighted by Crippen LogP contribution is 2.35. The Hall–Kier alpha value is -4.50. The number of carbonyl (C=O) groups is 1. The van der Waals surface area contributed by atoms with Crippen LogP contribution in [0.25, 0.3) is 31.7 Å². The first-order valence-electron chi connectivity index (χ1n) is 12.2. The van der Waals surface area contributed by atoms with Crippen LogP contribution in [0, 0.1) is 6.92 Å². The number of carbonyl (C=O) groups excluding carboxylic acids is 1. The van der Waals surface area contributed by atoms with Crippen molar-refractivity contribution in [1.82, 2.24) is 15.0 Å². The van der Waals surface area contributed by atoms with Crippen LogP contribution in [0.1, 0.15) is 32.9 Å². The summed E-state index contributed by atoms with van der Waals surface area (Å²) in [5.74, 6) is 0.00644. The maximum Gasteiger partial charge on any atom is 0.416 e. The van der Waals surface area contributed by atoms with Gasteiger partial charge in [0.2, 0.25) is 0 Å². The van der Waals surface area contributed by atoms with Crippen LogP contribution in [0.3, 0.4) is 0 Å². The van der Waals surface area contributed by atoms with E-state index in [0.29, 0.717) is 17.9 Å². The molecule has 0 bridgehead atoms. The molecule has 0 radical (unpaired) electrons. The van der Waals surface area contributed by atoms with Crippen molar-refractivity contribution >= 4 is 44.1 Å². The Labute approximate surface area is 225 Å². The fourth-order valence-electron chi connectivity index (χ4n) is 4.50. The lowest BCUT2D eigenvalue weighted by molar-refractivity contribution is -0.137. The number of aromatic amines is 1. The Morgan fingerprint density at radius 2 is 1.82 bits per heavy atom. The second kappa shape index (κ2) is 9.67. The van der Waals surface area contributed by atoms with Crippen LogP contribution >= 0.6 is 11.3 Å². The fourth-order valence-corrected chi connectivity index (χ4v) is 5.56. The summed E-state index contributed by atoms with van der Waals surface area (Å²) in [5, 5.41) is 3.87. The van der Waals surface area contributed by atoms with Gasteiger partial charge in [-0.15, -0.1) is 11.3 Å². The van der Waals surface area contributed by atoms with E-state index in [0.717, 1.165) is 50.3 Å². The molecule has 0 aliphatic rings. The van der Waals surface area contributed by atoms with Gasteiger partial charge in [-0.05, 0) is 72.0 Å². The first-order chi connectivity index (χ1) is 18.7. The highest BCUT2D eigenvalue weighted by atomic mass is 32.1. The lowest BCUT2D eigenvalue weighted by atomic mass is 10.0. The van der Waals surface area contributed by atoms with Crippen LogP contribution in [0.2, 0.25) is 0 Å². The topological polar surface area (TPSA) is 70.7 Å². The standard InChI is InChI=1S/C30H21F3N4OS/c1-17-9-10-22(35-29(38)19-6-4-7-21(13-19)30(31,32)33)14-20(17)16-26-36-23-11-12-34-27(23)28(37-26)25-15-18-5-2-3-8-24(18)39-25/h2-15,34H,16H2,1H3,(H,35,38). The molecule has 3 aromatic heterocycles. The summed E-state index contributed by atoms with van der Waals surface area (Å²) in [6.45, 7) is 1.95. The molecule has 0 fully saturated rings. The van der Waals surface area contributed by atoms with Gasteiger partial charge in [0.25, 0.3) is 5.91 Å². The summed E-state index contributed by atoms with van der Waals surface area (Å²) in [6.07, 6.45) is -2.27. The van der Waals surface area contributed by atoms with Gasteiger partial charge >= 0.3 is 6.18 Å². The Bertz CT molecular complexity index is 1820. The number of H-pyrrole nitrogens is 1. The monoisotopic (exact) mass is 542 g/mol. The number of amides is 1. The van der Waals surface area contributed by atoms with E-state index in [-0.39, 0.29) is 5.56 Å². The van der Waals surface area contributed by atoms with Gasteiger partial charge in [0.1, 0.15) is 11.5 Å². The number of nitrogens with zero attached hydrogens (tertiary/aromatic N) is 2. The number of hydrogen-bond acceptors (Lipinski definition) is 4. The van der Waals surface area contributed by atoms with Gasteiger partial charge in [-0.3, -0.25) is 4.79 Å². The average Bonchev–Trinajstić information content (AvgIpc) is 3.57. The first-order valence-corrected chi connectivity index (χ1v) is 13.0. The summed E-state index contributed by atoms with van der Waals surface area (Å²) in [4.78, 5) is 26.7. The highest BCUT2D eigenvalue weighted by molar-refractivity contribution is 7.22. The Morgan fingerprint density at radius 3 is 2.64 bits per heavy atom. The SMILES string of the molecule is Cc1ccc(NC(=O)c2cccc(C(F)(F)F)c2)cc1Cc1nc(-c2cc3ccccc3s2)c2[nH]ccc2n1. The molecule has 39 heavy (non-hydrogen) atoms. The van der Waals surface area contributed by atoms with E-state index in [1.807, 2.05) is 43.5 Å². The number of fused-ring (bicyclic) bond motifs is 2. The molecule has 0 aliphatic carbocycles. The minimum Gasteiger partial charge on any atom is -0.358 e. The number of anilines is 1.